The second-order valence-corrected chi connectivity index (χ2v) is 4.41. The van der Waals surface area contributed by atoms with Crippen molar-refractivity contribution in [3.63, 3.8) is 0 Å². The molecule has 0 aliphatic carbocycles. The van der Waals surface area contributed by atoms with Gasteiger partial charge in [0.2, 0.25) is 0 Å². The minimum Gasteiger partial charge on any atom is -0.508 e. The van der Waals surface area contributed by atoms with Gasteiger partial charge < -0.3 is 10.8 Å². The third-order valence-electron chi connectivity index (χ3n) is 2.98. The Morgan fingerprint density at radius 2 is 2.31 bits per heavy atom. The molecule has 0 saturated carbocycles. The maximum absolute atomic E-state index is 13.0. The molecule has 1 fully saturated rings. The lowest BCUT2D eigenvalue weighted by Crippen LogP contribution is -2.42. The van der Waals surface area contributed by atoms with Crippen LogP contribution in [0.3, 0.4) is 0 Å². The number of hydrogen-bond donors (Lipinski definition) is 2. The Morgan fingerprint density at radius 1 is 1.50 bits per heavy atom. The van der Waals surface area contributed by atoms with Gasteiger partial charge in [-0.1, -0.05) is 0 Å². The lowest BCUT2D eigenvalue weighted by molar-refractivity contribution is 0.199. The molecule has 1 aromatic rings. The Morgan fingerprint density at radius 3 is 3.06 bits per heavy atom. The molecule has 3 nitrogen and oxygen atoms in total. The Balaban J connectivity index is 2.05. The molecule has 0 bridgehead atoms. The van der Waals surface area contributed by atoms with E-state index in [0.29, 0.717) is 12.1 Å². The van der Waals surface area contributed by atoms with Gasteiger partial charge in [-0.05, 0) is 37.6 Å². The average molecular weight is 224 g/mol. The summed E-state index contributed by atoms with van der Waals surface area (Å²) in [4.78, 5) is 2.16. The van der Waals surface area contributed by atoms with Gasteiger partial charge in [0.25, 0.3) is 0 Å². The number of phenols is 1. The van der Waals surface area contributed by atoms with Crippen molar-refractivity contribution in [1.29, 1.82) is 0 Å². The molecular formula is C12H17FN2O. The van der Waals surface area contributed by atoms with Crippen molar-refractivity contribution in [1.82, 2.24) is 4.90 Å². The first-order valence-corrected chi connectivity index (χ1v) is 5.60. The standard InChI is InChI=1S/C12H17FN2O/c13-10-3-4-12(16)9(6-10)7-15-5-1-2-11(14)8-15/h3-4,6,11,16H,1-2,5,7-8,14H2/t11-/m1/s1. The van der Waals surface area contributed by atoms with E-state index in [1.807, 2.05) is 0 Å². The molecule has 88 valence electrons. The summed E-state index contributed by atoms with van der Waals surface area (Å²) in [5, 5.41) is 9.61. The van der Waals surface area contributed by atoms with Crippen LogP contribution in [-0.2, 0) is 6.54 Å². The first-order valence-electron chi connectivity index (χ1n) is 5.60. The van der Waals surface area contributed by atoms with Gasteiger partial charge in [-0.15, -0.1) is 0 Å². The molecule has 0 radical (unpaired) electrons. The highest BCUT2D eigenvalue weighted by molar-refractivity contribution is 5.32. The maximum atomic E-state index is 13.0. The highest BCUT2D eigenvalue weighted by Gasteiger charge is 2.17. The second-order valence-electron chi connectivity index (χ2n) is 4.41. The summed E-state index contributed by atoms with van der Waals surface area (Å²) in [6.45, 7) is 2.34. The molecule has 0 spiro atoms. The normalized spacial score (nSPS) is 22.2. The number of benzene rings is 1. The van der Waals surface area contributed by atoms with E-state index in [2.05, 4.69) is 4.90 Å². The maximum Gasteiger partial charge on any atom is 0.123 e. The summed E-state index contributed by atoms with van der Waals surface area (Å²) in [5.74, 6) is -0.158. The van der Waals surface area contributed by atoms with E-state index in [0.717, 1.165) is 25.9 Å². The summed E-state index contributed by atoms with van der Waals surface area (Å²) in [5.41, 5.74) is 6.50. The first kappa shape index (κ1) is 11.4. The number of phenolic OH excluding ortho intramolecular Hbond substituents is 1. The molecule has 0 amide bonds. The van der Waals surface area contributed by atoms with Crippen LogP contribution in [0.2, 0.25) is 0 Å². The van der Waals surface area contributed by atoms with Gasteiger partial charge in [-0.3, -0.25) is 4.90 Å². The molecule has 3 N–H and O–H groups in total. The molecule has 2 rings (SSSR count). The van der Waals surface area contributed by atoms with Crippen LogP contribution in [0.1, 0.15) is 18.4 Å². The van der Waals surface area contributed by atoms with E-state index < -0.39 is 0 Å². The second kappa shape index (κ2) is 4.80. The Hall–Kier alpha value is -1.13. The largest absolute Gasteiger partial charge is 0.508 e. The Bertz CT molecular complexity index is 370. The fraction of sp³-hybridized carbons (Fsp3) is 0.500. The Labute approximate surface area is 94.7 Å². The number of hydrogen-bond acceptors (Lipinski definition) is 3. The number of likely N-dealkylation sites (tertiary alicyclic amines) is 1. The van der Waals surface area contributed by atoms with Crippen molar-refractivity contribution in [2.24, 2.45) is 5.73 Å². The first-order chi connectivity index (χ1) is 7.65. The zero-order valence-electron chi connectivity index (χ0n) is 9.19. The third-order valence-corrected chi connectivity index (χ3v) is 2.98. The molecule has 1 saturated heterocycles. The van der Waals surface area contributed by atoms with Gasteiger partial charge in [0.15, 0.2) is 0 Å². The number of nitrogens with two attached hydrogens (primary N) is 1. The van der Waals surface area contributed by atoms with E-state index in [4.69, 9.17) is 5.73 Å². The van der Waals surface area contributed by atoms with Gasteiger partial charge >= 0.3 is 0 Å². The summed E-state index contributed by atoms with van der Waals surface area (Å²) in [6, 6.07) is 4.24. The fourth-order valence-electron chi connectivity index (χ4n) is 2.16. The quantitative estimate of drug-likeness (QED) is 0.799. The predicted octanol–water partition coefficient (Wildman–Crippen LogP) is 1.45. The molecule has 16 heavy (non-hydrogen) atoms. The summed E-state index contributed by atoms with van der Waals surface area (Å²) in [6.07, 6.45) is 2.11. The van der Waals surface area contributed by atoms with E-state index in [-0.39, 0.29) is 17.6 Å². The third kappa shape index (κ3) is 2.71. The molecule has 1 atom stereocenters. The van der Waals surface area contributed by atoms with Gasteiger partial charge in [0.1, 0.15) is 11.6 Å². The smallest absolute Gasteiger partial charge is 0.123 e. The van der Waals surface area contributed by atoms with Crippen molar-refractivity contribution in [2.45, 2.75) is 25.4 Å². The number of piperidine rings is 1. The van der Waals surface area contributed by atoms with Crippen LogP contribution in [0.25, 0.3) is 0 Å². The van der Waals surface area contributed by atoms with E-state index in [9.17, 15) is 9.50 Å². The highest BCUT2D eigenvalue weighted by Crippen LogP contribution is 2.21. The predicted molar refractivity (Wildman–Crippen MR) is 60.6 cm³/mol. The monoisotopic (exact) mass is 224 g/mol. The van der Waals surface area contributed by atoms with E-state index in [1.165, 1.54) is 18.2 Å². The van der Waals surface area contributed by atoms with Crippen LogP contribution < -0.4 is 5.73 Å². The average Bonchev–Trinajstić information content (AvgIpc) is 2.24. The van der Waals surface area contributed by atoms with Crippen molar-refractivity contribution in [3.8, 4) is 5.75 Å². The van der Waals surface area contributed by atoms with Crippen molar-refractivity contribution >= 4 is 0 Å². The fourth-order valence-corrected chi connectivity index (χ4v) is 2.16. The topological polar surface area (TPSA) is 49.5 Å². The van der Waals surface area contributed by atoms with Crippen LogP contribution in [0.5, 0.6) is 5.75 Å². The molecule has 1 aromatic carbocycles. The van der Waals surface area contributed by atoms with Gasteiger partial charge in [-0.2, -0.15) is 0 Å². The summed E-state index contributed by atoms with van der Waals surface area (Å²) < 4.78 is 13.0. The molecule has 1 aliphatic heterocycles. The summed E-state index contributed by atoms with van der Waals surface area (Å²) in [7, 11) is 0. The lowest BCUT2D eigenvalue weighted by atomic mass is 10.1. The minimum atomic E-state index is -0.311. The number of rotatable bonds is 2. The molecule has 1 heterocycles. The number of halogens is 1. The highest BCUT2D eigenvalue weighted by atomic mass is 19.1. The van der Waals surface area contributed by atoms with Gasteiger partial charge in [-0.25, -0.2) is 4.39 Å². The molecule has 0 aromatic heterocycles. The van der Waals surface area contributed by atoms with Gasteiger partial charge in [0.05, 0.1) is 0 Å². The summed E-state index contributed by atoms with van der Waals surface area (Å²) >= 11 is 0. The molecule has 1 aliphatic rings. The van der Waals surface area contributed by atoms with Crippen LogP contribution in [-0.4, -0.2) is 29.1 Å². The number of aromatic hydroxyl groups is 1. The molecular weight excluding hydrogens is 207 g/mol. The molecule has 4 heteroatoms. The van der Waals surface area contributed by atoms with Crippen molar-refractivity contribution in [3.05, 3.63) is 29.6 Å². The minimum absolute atomic E-state index is 0.153. The zero-order valence-corrected chi connectivity index (χ0v) is 9.19. The SMILES string of the molecule is N[C@@H]1CCCN(Cc2cc(F)ccc2O)C1. The van der Waals surface area contributed by atoms with Crippen LogP contribution in [0.4, 0.5) is 4.39 Å². The van der Waals surface area contributed by atoms with Gasteiger partial charge in [0, 0.05) is 24.7 Å². The Kier molecular flexibility index (Phi) is 3.41. The van der Waals surface area contributed by atoms with Crippen LogP contribution in [0.15, 0.2) is 18.2 Å². The van der Waals surface area contributed by atoms with Crippen molar-refractivity contribution in [2.75, 3.05) is 13.1 Å². The van der Waals surface area contributed by atoms with E-state index in [1.54, 1.807) is 0 Å². The van der Waals surface area contributed by atoms with Crippen molar-refractivity contribution < 1.29 is 9.50 Å². The van der Waals surface area contributed by atoms with E-state index >= 15 is 0 Å². The lowest BCUT2D eigenvalue weighted by Gasteiger charge is -2.30. The number of nitrogens with zero attached hydrogens (tertiary/aromatic N) is 1. The molecule has 0 unspecified atom stereocenters. The van der Waals surface area contributed by atoms with Crippen LogP contribution in [0, 0.1) is 5.82 Å². The van der Waals surface area contributed by atoms with Crippen LogP contribution >= 0.6 is 0 Å². The zero-order chi connectivity index (χ0) is 11.5.